The molecule has 0 saturated carbocycles. The van der Waals surface area contributed by atoms with E-state index in [-0.39, 0.29) is 11.9 Å². The average molecular weight is 358 g/mol. The first-order chi connectivity index (χ1) is 12.6. The molecule has 0 radical (unpaired) electrons. The van der Waals surface area contributed by atoms with Crippen molar-refractivity contribution in [1.29, 1.82) is 0 Å². The predicted molar refractivity (Wildman–Crippen MR) is 98.6 cm³/mol. The fraction of sp³-hybridized carbons (Fsp3) is 0.450. The minimum Gasteiger partial charge on any atom is -0.493 e. The summed E-state index contributed by atoms with van der Waals surface area (Å²) in [7, 11) is 5.27. The van der Waals surface area contributed by atoms with Gasteiger partial charge in [0, 0.05) is 11.6 Å². The van der Waals surface area contributed by atoms with E-state index in [0.717, 1.165) is 31.7 Å². The van der Waals surface area contributed by atoms with E-state index in [1.807, 2.05) is 17.0 Å². The predicted octanol–water partition coefficient (Wildman–Crippen LogP) is 3.03. The molecule has 1 aromatic heterocycles. The van der Waals surface area contributed by atoms with E-state index < -0.39 is 0 Å². The maximum Gasteiger partial charge on any atom is 0.254 e. The summed E-state index contributed by atoms with van der Waals surface area (Å²) in [4.78, 5) is 17.5. The SMILES string of the molecule is COc1ccc(C(=O)N(Cc2ccco2)C2CCN(C)CC2)cc1OC. The number of benzene rings is 1. The average Bonchev–Trinajstić information content (AvgIpc) is 3.19. The van der Waals surface area contributed by atoms with E-state index >= 15 is 0 Å². The minimum atomic E-state index is -0.0168. The first-order valence-corrected chi connectivity index (χ1v) is 8.86. The van der Waals surface area contributed by atoms with E-state index in [9.17, 15) is 4.79 Å². The van der Waals surface area contributed by atoms with Crippen LogP contribution in [-0.2, 0) is 6.54 Å². The van der Waals surface area contributed by atoms with Crippen LogP contribution in [0.3, 0.4) is 0 Å². The molecular weight excluding hydrogens is 332 g/mol. The summed E-state index contributed by atoms with van der Waals surface area (Å²) in [6, 6.07) is 9.24. The van der Waals surface area contributed by atoms with E-state index in [0.29, 0.717) is 23.6 Å². The Morgan fingerprint density at radius 2 is 1.92 bits per heavy atom. The fourth-order valence-electron chi connectivity index (χ4n) is 3.38. The first kappa shape index (κ1) is 18.3. The Morgan fingerprint density at radius 3 is 2.54 bits per heavy atom. The van der Waals surface area contributed by atoms with Gasteiger partial charge in [-0.15, -0.1) is 0 Å². The molecule has 3 rings (SSSR count). The minimum absolute atomic E-state index is 0.0168. The van der Waals surface area contributed by atoms with Gasteiger partial charge in [-0.25, -0.2) is 0 Å². The lowest BCUT2D eigenvalue weighted by Gasteiger charge is -2.37. The molecule has 0 N–H and O–H groups in total. The Bertz CT molecular complexity index is 721. The van der Waals surface area contributed by atoms with Gasteiger partial charge in [-0.2, -0.15) is 0 Å². The smallest absolute Gasteiger partial charge is 0.254 e. The normalized spacial score (nSPS) is 15.7. The number of likely N-dealkylation sites (tertiary alicyclic amines) is 1. The van der Waals surface area contributed by atoms with Gasteiger partial charge in [-0.05, 0) is 63.3 Å². The van der Waals surface area contributed by atoms with Gasteiger partial charge >= 0.3 is 0 Å². The monoisotopic (exact) mass is 358 g/mol. The van der Waals surface area contributed by atoms with E-state index in [4.69, 9.17) is 13.9 Å². The molecular formula is C20H26N2O4. The molecule has 26 heavy (non-hydrogen) atoms. The molecule has 1 aliphatic heterocycles. The molecule has 6 nitrogen and oxygen atoms in total. The van der Waals surface area contributed by atoms with Gasteiger partial charge in [0.15, 0.2) is 11.5 Å². The molecule has 1 fully saturated rings. The van der Waals surface area contributed by atoms with Crippen LogP contribution in [0, 0.1) is 0 Å². The Balaban J connectivity index is 1.86. The standard InChI is InChI=1S/C20H26N2O4/c1-21-10-8-16(9-11-21)22(14-17-5-4-12-26-17)20(23)15-6-7-18(24-2)19(13-15)25-3/h4-7,12-13,16H,8-11,14H2,1-3H3. The van der Waals surface area contributed by atoms with Crippen molar-refractivity contribution in [1.82, 2.24) is 9.80 Å². The van der Waals surface area contributed by atoms with E-state index in [2.05, 4.69) is 11.9 Å². The number of amides is 1. The highest BCUT2D eigenvalue weighted by atomic mass is 16.5. The number of carbonyl (C=O) groups excluding carboxylic acids is 1. The Morgan fingerprint density at radius 1 is 1.19 bits per heavy atom. The second-order valence-electron chi connectivity index (χ2n) is 6.62. The Labute approximate surface area is 154 Å². The molecule has 6 heteroatoms. The number of carbonyl (C=O) groups is 1. The van der Waals surface area contributed by atoms with Gasteiger partial charge in [0.05, 0.1) is 27.0 Å². The number of ether oxygens (including phenoxy) is 2. The summed E-state index contributed by atoms with van der Waals surface area (Å²) in [5, 5.41) is 0. The van der Waals surface area contributed by atoms with Crippen LogP contribution in [0.5, 0.6) is 11.5 Å². The van der Waals surface area contributed by atoms with Crippen molar-refractivity contribution in [2.45, 2.75) is 25.4 Å². The zero-order valence-electron chi connectivity index (χ0n) is 15.6. The van der Waals surface area contributed by atoms with Crippen molar-refractivity contribution < 1.29 is 18.7 Å². The van der Waals surface area contributed by atoms with Gasteiger partial charge in [-0.1, -0.05) is 0 Å². The number of rotatable bonds is 6. The van der Waals surface area contributed by atoms with Crippen LogP contribution >= 0.6 is 0 Å². The molecule has 0 atom stereocenters. The van der Waals surface area contributed by atoms with Crippen molar-refractivity contribution in [2.75, 3.05) is 34.4 Å². The van der Waals surface area contributed by atoms with Crippen molar-refractivity contribution in [3.63, 3.8) is 0 Å². The number of nitrogens with zero attached hydrogens (tertiary/aromatic N) is 2. The molecule has 2 heterocycles. The lowest BCUT2D eigenvalue weighted by atomic mass is 10.0. The zero-order chi connectivity index (χ0) is 18.5. The summed E-state index contributed by atoms with van der Waals surface area (Å²) < 4.78 is 16.1. The molecule has 0 unspecified atom stereocenters. The molecule has 2 aromatic rings. The first-order valence-electron chi connectivity index (χ1n) is 8.86. The number of methoxy groups -OCH3 is 2. The maximum absolute atomic E-state index is 13.3. The molecule has 140 valence electrons. The molecule has 1 aromatic carbocycles. The van der Waals surface area contributed by atoms with Gasteiger partial charge in [0.25, 0.3) is 5.91 Å². The molecule has 1 aliphatic rings. The fourth-order valence-corrected chi connectivity index (χ4v) is 3.38. The highest BCUT2D eigenvalue weighted by molar-refractivity contribution is 5.95. The second-order valence-corrected chi connectivity index (χ2v) is 6.62. The van der Waals surface area contributed by atoms with Gasteiger partial charge in [-0.3, -0.25) is 4.79 Å². The van der Waals surface area contributed by atoms with Gasteiger partial charge in [0.1, 0.15) is 5.76 Å². The summed E-state index contributed by atoms with van der Waals surface area (Å²) in [5.41, 5.74) is 0.591. The molecule has 0 bridgehead atoms. The highest BCUT2D eigenvalue weighted by Gasteiger charge is 2.29. The topological polar surface area (TPSA) is 55.2 Å². The lowest BCUT2D eigenvalue weighted by Crippen LogP contribution is -2.46. The van der Waals surface area contributed by atoms with Crippen LogP contribution < -0.4 is 9.47 Å². The van der Waals surface area contributed by atoms with Gasteiger partial charge < -0.3 is 23.7 Å². The quantitative estimate of drug-likeness (QED) is 0.794. The van der Waals surface area contributed by atoms with E-state index in [1.165, 1.54) is 0 Å². The van der Waals surface area contributed by atoms with Crippen molar-refractivity contribution in [3.8, 4) is 11.5 Å². The molecule has 0 aliphatic carbocycles. The van der Waals surface area contributed by atoms with Crippen LogP contribution in [0.4, 0.5) is 0 Å². The number of furan rings is 1. The van der Waals surface area contributed by atoms with Crippen LogP contribution in [0.2, 0.25) is 0 Å². The second kappa shape index (κ2) is 8.27. The summed E-state index contributed by atoms with van der Waals surface area (Å²) in [6.07, 6.45) is 3.55. The number of piperidine rings is 1. The van der Waals surface area contributed by atoms with Crippen LogP contribution in [0.15, 0.2) is 41.0 Å². The third-order valence-corrected chi connectivity index (χ3v) is 4.93. The molecule has 0 spiro atoms. The van der Waals surface area contributed by atoms with Crippen LogP contribution in [-0.4, -0.2) is 56.1 Å². The molecule has 1 saturated heterocycles. The third kappa shape index (κ3) is 4.02. The lowest BCUT2D eigenvalue weighted by molar-refractivity contribution is 0.0550. The Kier molecular flexibility index (Phi) is 5.83. The number of hydrogen-bond donors (Lipinski definition) is 0. The zero-order valence-corrected chi connectivity index (χ0v) is 15.6. The van der Waals surface area contributed by atoms with Crippen LogP contribution in [0.25, 0.3) is 0 Å². The summed E-state index contributed by atoms with van der Waals surface area (Å²) >= 11 is 0. The van der Waals surface area contributed by atoms with Crippen molar-refractivity contribution in [2.24, 2.45) is 0 Å². The van der Waals surface area contributed by atoms with Crippen LogP contribution in [0.1, 0.15) is 29.0 Å². The van der Waals surface area contributed by atoms with Crippen molar-refractivity contribution in [3.05, 3.63) is 47.9 Å². The highest BCUT2D eigenvalue weighted by Crippen LogP contribution is 2.29. The van der Waals surface area contributed by atoms with Crippen molar-refractivity contribution >= 4 is 5.91 Å². The Hall–Kier alpha value is -2.47. The van der Waals surface area contributed by atoms with Gasteiger partial charge in [0.2, 0.25) is 0 Å². The summed E-state index contributed by atoms with van der Waals surface area (Å²) in [5.74, 6) is 1.94. The maximum atomic E-state index is 13.3. The van der Waals surface area contributed by atoms with E-state index in [1.54, 1.807) is 38.7 Å². The third-order valence-electron chi connectivity index (χ3n) is 4.93. The summed E-state index contributed by atoms with van der Waals surface area (Å²) in [6.45, 7) is 2.44. The largest absolute Gasteiger partial charge is 0.493 e. The molecule has 1 amide bonds. The number of hydrogen-bond acceptors (Lipinski definition) is 5.